The number of halogens is 5. The van der Waals surface area contributed by atoms with Crippen molar-refractivity contribution >= 4 is 33.5 Å². The van der Waals surface area contributed by atoms with Crippen LogP contribution in [-0.4, -0.2) is 52.8 Å². The molecule has 10 nitrogen and oxygen atoms in total. The SMILES string of the molecule is NS(=O)(=O)OCC1CC(F)C(Nc2ncncc2C(=O)c2ccn(Cc3cc(C(F)(F)F)ccc3Cl)n2)C1. The highest BCUT2D eigenvalue weighted by Gasteiger charge is 2.36. The Morgan fingerprint density at radius 1 is 1.26 bits per heavy atom. The van der Waals surface area contributed by atoms with Crippen LogP contribution in [-0.2, 0) is 27.2 Å². The molecule has 2 heterocycles. The summed E-state index contributed by atoms with van der Waals surface area (Å²) in [5.41, 5.74) is -0.765. The standard InChI is InChI=1S/C22H21ClF4N6O4S/c23-16-2-1-14(22(25,26)27)7-13(16)9-33-4-3-18(32-33)20(34)15-8-29-11-30-21(15)31-19-6-12(5-17(19)24)10-37-38(28,35)36/h1-4,7-8,11-12,17,19H,5-6,9-10H2,(H2,28,35,36)(H,29,30,31). The molecule has 3 N–H and O–H groups in total. The van der Waals surface area contributed by atoms with E-state index in [0.29, 0.717) is 0 Å². The van der Waals surface area contributed by atoms with Gasteiger partial charge in [-0.25, -0.2) is 19.5 Å². The lowest BCUT2D eigenvalue weighted by Gasteiger charge is -2.17. The molecule has 1 aliphatic rings. The normalized spacial score (nSPS) is 20.0. The van der Waals surface area contributed by atoms with Gasteiger partial charge in [0.15, 0.2) is 0 Å². The average Bonchev–Trinajstić information content (AvgIpc) is 3.44. The van der Waals surface area contributed by atoms with E-state index in [1.807, 2.05) is 0 Å². The number of anilines is 1. The fraction of sp³-hybridized carbons (Fsp3) is 0.364. The van der Waals surface area contributed by atoms with Gasteiger partial charge in [-0.2, -0.15) is 26.7 Å². The first-order valence-electron chi connectivity index (χ1n) is 11.1. The van der Waals surface area contributed by atoms with Gasteiger partial charge in [-0.3, -0.25) is 13.7 Å². The Morgan fingerprint density at radius 2 is 2.03 bits per heavy atom. The minimum atomic E-state index is -4.55. The third kappa shape index (κ3) is 6.83. The Bertz CT molecular complexity index is 1440. The van der Waals surface area contributed by atoms with Crippen LogP contribution >= 0.6 is 11.6 Å². The summed E-state index contributed by atoms with van der Waals surface area (Å²) in [6, 6.07) is 3.51. The van der Waals surface area contributed by atoms with E-state index in [0.717, 1.165) is 24.5 Å². The summed E-state index contributed by atoms with van der Waals surface area (Å²) < 4.78 is 81.6. The summed E-state index contributed by atoms with van der Waals surface area (Å²) in [4.78, 5) is 21.0. The van der Waals surface area contributed by atoms with E-state index in [1.54, 1.807) is 0 Å². The highest BCUT2D eigenvalue weighted by atomic mass is 35.5. The number of nitrogens with two attached hydrogens (primary N) is 1. The van der Waals surface area contributed by atoms with E-state index in [4.69, 9.17) is 16.7 Å². The third-order valence-corrected chi connectivity index (χ3v) is 6.74. The van der Waals surface area contributed by atoms with Crippen molar-refractivity contribution < 1.29 is 35.0 Å². The van der Waals surface area contributed by atoms with Gasteiger partial charge in [0.2, 0.25) is 5.78 Å². The maximum Gasteiger partial charge on any atom is 0.416 e. The molecule has 16 heteroatoms. The van der Waals surface area contributed by atoms with E-state index in [2.05, 4.69) is 24.6 Å². The number of nitrogens with one attached hydrogen (secondary N) is 1. The minimum Gasteiger partial charge on any atom is -0.364 e. The molecule has 4 rings (SSSR count). The second kappa shape index (κ2) is 10.9. The summed E-state index contributed by atoms with van der Waals surface area (Å²) in [6.45, 7) is -0.402. The van der Waals surface area contributed by atoms with Crippen LogP contribution in [0.4, 0.5) is 23.4 Å². The van der Waals surface area contributed by atoms with Gasteiger partial charge in [0, 0.05) is 17.4 Å². The number of aromatic nitrogens is 4. The second-order valence-electron chi connectivity index (χ2n) is 8.70. The van der Waals surface area contributed by atoms with Crippen molar-refractivity contribution in [2.24, 2.45) is 11.1 Å². The van der Waals surface area contributed by atoms with Crippen LogP contribution in [0.3, 0.4) is 0 Å². The van der Waals surface area contributed by atoms with E-state index in [1.165, 1.54) is 23.1 Å². The molecule has 0 spiro atoms. The highest BCUT2D eigenvalue weighted by Crippen LogP contribution is 2.33. The molecule has 1 fully saturated rings. The van der Waals surface area contributed by atoms with Crippen LogP contribution in [0.25, 0.3) is 0 Å². The lowest BCUT2D eigenvalue weighted by atomic mass is 10.1. The molecule has 0 aliphatic heterocycles. The monoisotopic (exact) mass is 576 g/mol. The zero-order valence-corrected chi connectivity index (χ0v) is 21.0. The quantitative estimate of drug-likeness (QED) is 0.292. The minimum absolute atomic E-state index is 0.00807. The maximum absolute atomic E-state index is 14.6. The van der Waals surface area contributed by atoms with Gasteiger partial charge in [-0.15, -0.1) is 0 Å². The van der Waals surface area contributed by atoms with E-state index in [9.17, 15) is 30.8 Å². The maximum atomic E-state index is 14.6. The predicted octanol–water partition coefficient (Wildman–Crippen LogP) is 3.37. The Labute approximate surface area is 219 Å². The van der Waals surface area contributed by atoms with E-state index >= 15 is 0 Å². The number of benzene rings is 1. The van der Waals surface area contributed by atoms with Crippen molar-refractivity contribution in [3.05, 3.63) is 70.4 Å². The Kier molecular flexibility index (Phi) is 8.01. The molecule has 1 saturated carbocycles. The highest BCUT2D eigenvalue weighted by molar-refractivity contribution is 7.84. The van der Waals surface area contributed by atoms with Crippen molar-refractivity contribution in [1.82, 2.24) is 19.7 Å². The molecule has 204 valence electrons. The number of hydrogen-bond donors (Lipinski definition) is 2. The number of carbonyl (C=O) groups excluding carboxylic acids is 1. The summed E-state index contributed by atoms with van der Waals surface area (Å²) in [5.74, 6) is -0.995. The van der Waals surface area contributed by atoms with Crippen molar-refractivity contribution in [2.45, 2.75) is 37.8 Å². The lowest BCUT2D eigenvalue weighted by molar-refractivity contribution is -0.137. The van der Waals surface area contributed by atoms with Crippen molar-refractivity contribution in [1.29, 1.82) is 0 Å². The molecule has 0 bridgehead atoms. The Morgan fingerprint density at radius 3 is 2.74 bits per heavy atom. The summed E-state index contributed by atoms with van der Waals surface area (Å²) in [6.07, 6.45) is -1.91. The molecule has 2 aromatic heterocycles. The van der Waals surface area contributed by atoms with Crippen molar-refractivity contribution in [3.63, 3.8) is 0 Å². The van der Waals surface area contributed by atoms with Gasteiger partial charge in [0.05, 0.1) is 30.3 Å². The molecule has 38 heavy (non-hydrogen) atoms. The first-order chi connectivity index (χ1) is 17.8. The topological polar surface area (TPSA) is 142 Å². The van der Waals surface area contributed by atoms with Crippen LogP contribution in [0.5, 0.6) is 0 Å². The molecule has 3 atom stereocenters. The summed E-state index contributed by atoms with van der Waals surface area (Å²) in [5, 5.41) is 11.9. The number of nitrogens with zero attached hydrogens (tertiary/aromatic N) is 4. The third-order valence-electron chi connectivity index (χ3n) is 5.91. The predicted molar refractivity (Wildman–Crippen MR) is 127 cm³/mol. The fourth-order valence-corrected chi connectivity index (χ4v) is 4.66. The number of alkyl halides is 4. The van der Waals surface area contributed by atoms with E-state index < -0.39 is 46.0 Å². The molecule has 3 aromatic rings. The summed E-state index contributed by atoms with van der Waals surface area (Å²) >= 11 is 6.05. The zero-order chi connectivity index (χ0) is 27.7. The van der Waals surface area contributed by atoms with Gasteiger partial charge in [-0.05, 0) is 48.6 Å². The number of carbonyl (C=O) groups is 1. The van der Waals surface area contributed by atoms with Crippen LogP contribution in [0.15, 0.2) is 43.0 Å². The molecule has 1 aliphatic carbocycles. The van der Waals surface area contributed by atoms with Crippen molar-refractivity contribution in [3.8, 4) is 0 Å². The zero-order valence-electron chi connectivity index (χ0n) is 19.4. The van der Waals surface area contributed by atoms with Crippen LogP contribution in [0, 0.1) is 5.92 Å². The molecular weight excluding hydrogens is 556 g/mol. The number of hydrogen-bond acceptors (Lipinski definition) is 8. The molecular formula is C22H21ClF4N6O4S. The van der Waals surface area contributed by atoms with Gasteiger partial charge < -0.3 is 5.32 Å². The van der Waals surface area contributed by atoms with Gasteiger partial charge in [0.25, 0.3) is 0 Å². The number of rotatable bonds is 9. The number of ketones is 1. The van der Waals surface area contributed by atoms with Crippen molar-refractivity contribution in [2.75, 3.05) is 11.9 Å². The Hall–Kier alpha value is -3.14. The van der Waals surface area contributed by atoms with Crippen LogP contribution in [0.2, 0.25) is 5.02 Å². The molecule has 0 radical (unpaired) electrons. The van der Waals surface area contributed by atoms with E-state index in [-0.39, 0.29) is 53.7 Å². The molecule has 0 amide bonds. The largest absolute Gasteiger partial charge is 0.416 e. The second-order valence-corrected chi connectivity index (χ2v) is 10.3. The Balaban J connectivity index is 1.48. The van der Waals surface area contributed by atoms with Crippen LogP contribution < -0.4 is 10.5 Å². The van der Waals surface area contributed by atoms with Gasteiger partial charge in [0.1, 0.15) is 24.0 Å². The van der Waals surface area contributed by atoms with Gasteiger partial charge >= 0.3 is 16.5 Å². The first-order valence-corrected chi connectivity index (χ1v) is 13.0. The average molecular weight is 577 g/mol. The fourth-order valence-electron chi connectivity index (χ4n) is 4.10. The summed E-state index contributed by atoms with van der Waals surface area (Å²) in [7, 11) is -4.16. The smallest absolute Gasteiger partial charge is 0.364 e. The van der Waals surface area contributed by atoms with Crippen LogP contribution in [0.1, 0.15) is 40.0 Å². The first kappa shape index (κ1) is 27.9. The molecule has 1 aromatic carbocycles. The lowest BCUT2D eigenvalue weighted by Crippen LogP contribution is -2.27. The molecule has 3 unspecified atom stereocenters. The van der Waals surface area contributed by atoms with Gasteiger partial charge in [-0.1, -0.05) is 11.6 Å². The molecule has 0 saturated heterocycles.